The van der Waals surface area contributed by atoms with Gasteiger partial charge >= 0.3 is 0 Å². The first kappa shape index (κ1) is 21.9. The van der Waals surface area contributed by atoms with E-state index in [1.807, 2.05) is 6.07 Å². The van der Waals surface area contributed by atoms with Gasteiger partial charge in [0.1, 0.15) is 0 Å². The molecule has 166 valence electrons. The molecule has 2 aromatic carbocycles. The molecule has 0 saturated carbocycles. The monoisotopic (exact) mass is 464 g/mol. The van der Waals surface area contributed by atoms with E-state index in [1.54, 1.807) is 17.0 Å². The van der Waals surface area contributed by atoms with Gasteiger partial charge in [-0.25, -0.2) is 8.42 Å². The summed E-state index contributed by atoms with van der Waals surface area (Å²) in [4.78, 5) is 16.9. The number of anilines is 2. The molecule has 2 saturated heterocycles. The fourth-order valence-electron chi connectivity index (χ4n) is 3.70. The number of benzene rings is 2. The van der Waals surface area contributed by atoms with Crippen LogP contribution in [-0.2, 0) is 14.8 Å². The zero-order valence-corrected chi connectivity index (χ0v) is 18.6. The molecular weight excluding hydrogens is 440 g/mol. The SMILES string of the molecule is O=C(c1ccc(N2CCNCC2)c(NS(=O)(=O)c2ccc(Cl)cc2)c1)N1CCOCC1. The van der Waals surface area contributed by atoms with E-state index in [-0.39, 0.29) is 10.8 Å². The summed E-state index contributed by atoms with van der Waals surface area (Å²) in [6, 6.07) is 11.2. The van der Waals surface area contributed by atoms with Gasteiger partial charge in [0.05, 0.1) is 29.5 Å². The van der Waals surface area contributed by atoms with E-state index in [0.29, 0.717) is 42.6 Å². The zero-order chi connectivity index (χ0) is 21.8. The predicted molar refractivity (Wildman–Crippen MR) is 121 cm³/mol. The number of hydrogen-bond donors (Lipinski definition) is 2. The molecule has 2 aliphatic rings. The molecule has 8 nitrogen and oxygen atoms in total. The third kappa shape index (κ3) is 5.12. The molecule has 0 aliphatic carbocycles. The van der Waals surface area contributed by atoms with E-state index in [0.717, 1.165) is 31.9 Å². The van der Waals surface area contributed by atoms with Crippen LogP contribution in [-0.4, -0.2) is 71.7 Å². The molecule has 2 N–H and O–H groups in total. The van der Waals surface area contributed by atoms with Gasteiger partial charge in [-0.15, -0.1) is 0 Å². The van der Waals surface area contributed by atoms with E-state index >= 15 is 0 Å². The van der Waals surface area contributed by atoms with Gasteiger partial charge in [0, 0.05) is 49.9 Å². The number of carbonyl (C=O) groups excluding carboxylic acids is 1. The molecule has 10 heteroatoms. The summed E-state index contributed by atoms with van der Waals surface area (Å²) in [5, 5.41) is 3.75. The number of halogens is 1. The molecule has 4 rings (SSSR count). The number of carbonyl (C=O) groups is 1. The second-order valence-electron chi connectivity index (χ2n) is 7.43. The van der Waals surface area contributed by atoms with Gasteiger partial charge in [0.15, 0.2) is 0 Å². The Morgan fingerprint density at radius 3 is 2.35 bits per heavy atom. The smallest absolute Gasteiger partial charge is 0.261 e. The number of amides is 1. The van der Waals surface area contributed by atoms with Crippen molar-refractivity contribution in [1.82, 2.24) is 10.2 Å². The highest BCUT2D eigenvalue weighted by Crippen LogP contribution is 2.30. The lowest BCUT2D eigenvalue weighted by Gasteiger charge is -2.32. The first-order valence-electron chi connectivity index (χ1n) is 10.2. The number of nitrogens with zero attached hydrogens (tertiary/aromatic N) is 2. The summed E-state index contributed by atoms with van der Waals surface area (Å²) in [7, 11) is -3.85. The van der Waals surface area contributed by atoms with Crippen LogP contribution >= 0.6 is 11.6 Å². The Hall–Kier alpha value is -2.33. The lowest BCUT2D eigenvalue weighted by atomic mass is 10.1. The average Bonchev–Trinajstić information content (AvgIpc) is 2.80. The molecule has 0 spiro atoms. The number of hydrogen-bond acceptors (Lipinski definition) is 6. The number of sulfonamides is 1. The standard InChI is InChI=1S/C21H25ClN4O4S/c22-17-2-4-18(5-3-17)31(28,29)24-19-15-16(21(27)26-11-13-30-14-12-26)1-6-20(19)25-9-7-23-8-10-25/h1-6,15,23-24H,7-14H2. The van der Waals surface area contributed by atoms with Crippen molar-refractivity contribution in [2.24, 2.45) is 0 Å². The molecule has 31 heavy (non-hydrogen) atoms. The third-order valence-electron chi connectivity index (χ3n) is 5.37. The number of morpholine rings is 1. The van der Waals surface area contributed by atoms with Gasteiger partial charge in [-0.3, -0.25) is 9.52 Å². The number of piperazine rings is 1. The summed E-state index contributed by atoms with van der Waals surface area (Å²) in [5.41, 5.74) is 1.57. The van der Waals surface area contributed by atoms with Crippen LogP contribution in [0.2, 0.25) is 5.02 Å². The first-order chi connectivity index (χ1) is 14.9. The van der Waals surface area contributed by atoms with Crippen LogP contribution < -0.4 is 14.9 Å². The molecule has 2 aromatic rings. The highest BCUT2D eigenvalue weighted by atomic mass is 35.5. The van der Waals surface area contributed by atoms with Gasteiger partial charge in [-0.05, 0) is 42.5 Å². The lowest BCUT2D eigenvalue weighted by Crippen LogP contribution is -2.44. The Bertz CT molecular complexity index is 1030. The Morgan fingerprint density at radius 1 is 1.00 bits per heavy atom. The number of rotatable bonds is 5. The van der Waals surface area contributed by atoms with Crippen molar-refractivity contribution in [3.8, 4) is 0 Å². The normalized spacial score (nSPS) is 17.5. The van der Waals surface area contributed by atoms with E-state index < -0.39 is 10.0 Å². The third-order valence-corrected chi connectivity index (χ3v) is 7.00. The largest absolute Gasteiger partial charge is 0.378 e. The van der Waals surface area contributed by atoms with Crippen molar-refractivity contribution in [2.75, 3.05) is 62.1 Å². The van der Waals surface area contributed by atoms with Crippen molar-refractivity contribution in [2.45, 2.75) is 4.90 Å². The Balaban J connectivity index is 1.67. The van der Waals surface area contributed by atoms with Crippen molar-refractivity contribution in [1.29, 1.82) is 0 Å². The molecule has 0 aromatic heterocycles. The van der Waals surface area contributed by atoms with Crippen molar-refractivity contribution < 1.29 is 17.9 Å². The van der Waals surface area contributed by atoms with Crippen LogP contribution in [0.25, 0.3) is 0 Å². The minimum atomic E-state index is -3.85. The molecule has 2 aliphatic heterocycles. The quantitative estimate of drug-likeness (QED) is 0.703. The summed E-state index contributed by atoms with van der Waals surface area (Å²) >= 11 is 5.90. The van der Waals surface area contributed by atoms with Crippen LogP contribution in [0.3, 0.4) is 0 Å². The van der Waals surface area contributed by atoms with Gasteiger partial charge in [0.2, 0.25) is 0 Å². The van der Waals surface area contributed by atoms with E-state index in [9.17, 15) is 13.2 Å². The molecular formula is C21H25ClN4O4S. The van der Waals surface area contributed by atoms with Crippen LogP contribution in [0, 0.1) is 0 Å². The van der Waals surface area contributed by atoms with Crippen LogP contribution in [0.1, 0.15) is 10.4 Å². The van der Waals surface area contributed by atoms with E-state index in [2.05, 4.69) is 14.9 Å². The maximum absolute atomic E-state index is 13.0. The fraction of sp³-hybridized carbons (Fsp3) is 0.381. The fourth-order valence-corrected chi connectivity index (χ4v) is 4.89. The Morgan fingerprint density at radius 2 is 1.68 bits per heavy atom. The van der Waals surface area contributed by atoms with Gasteiger partial charge in [-0.2, -0.15) is 0 Å². The topological polar surface area (TPSA) is 91.0 Å². The summed E-state index contributed by atoms with van der Waals surface area (Å²) in [6.07, 6.45) is 0. The second-order valence-corrected chi connectivity index (χ2v) is 9.55. The minimum Gasteiger partial charge on any atom is -0.378 e. The lowest BCUT2D eigenvalue weighted by molar-refractivity contribution is 0.0303. The molecule has 0 unspecified atom stereocenters. The molecule has 0 atom stereocenters. The van der Waals surface area contributed by atoms with Gasteiger partial charge < -0.3 is 19.9 Å². The second kappa shape index (κ2) is 9.44. The van der Waals surface area contributed by atoms with Gasteiger partial charge in [-0.1, -0.05) is 11.6 Å². The highest BCUT2D eigenvalue weighted by molar-refractivity contribution is 7.92. The van der Waals surface area contributed by atoms with Gasteiger partial charge in [0.25, 0.3) is 15.9 Å². The zero-order valence-electron chi connectivity index (χ0n) is 17.0. The Kier molecular flexibility index (Phi) is 6.66. The van der Waals surface area contributed by atoms with Crippen LogP contribution in [0.5, 0.6) is 0 Å². The first-order valence-corrected chi connectivity index (χ1v) is 12.1. The van der Waals surface area contributed by atoms with Crippen LogP contribution in [0.4, 0.5) is 11.4 Å². The summed E-state index contributed by atoms with van der Waals surface area (Å²) in [6.45, 7) is 5.13. The summed E-state index contributed by atoms with van der Waals surface area (Å²) < 4.78 is 34.1. The molecule has 2 heterocycles. The van der Waals surface area contributed by atoms with Crippen molar-refractivity contribution in [3.05, 3.63) is 53.1 Å². The molecule has 0 bridgehead atoms. The predicted octanol–water partition coefficient (Wildman–Crippen LogP) is 2.02. The minimum absolute atomic E-state index is 0.105. The summed E-state index contributed by atoms with van der Waals surface area (Å²) in [5.74, 6) is -0.137. The van der Waals surface area contributed by atoms with E-state index in [4.69, 9.17) is 16.3 Å². The van der Waals surface area contributed by atoms with Crippen LogP contribution in [0.15, 0.2) is 47.4 Å². The average molecular weight is 465 g/mol. The number of nitrogens with one attached hydrogen (secondary N) is 2. The van der Waals surface area contributed by atoms with Crippen molar-refractivity contribution in [3.63, 3.8) is 0 Å². The highest BCUT2D eigenvalue weighted by Gasteiger charge is 2.24. The Labute approximate surface area is 187 Å². The molecule has 0 radical (unpaired) electrons. The maximum atomic E-state index is 13.0. The van der Waals surface area contributed by atoms with E-state index in [1.165, 1.54) is 24.3 Å². The molecule has 1 amide bonds. The maximum Gasteiger partial charge on any atom is 0.261 e. The number of ether oxygens (including phenoxy) is 1. The molecule has 2 fully saturated rings. The van der Waals surface area contributed by atoms with Crippen molar-refractivity contribution >= 4 is 38.9 Å².